The van der Waals surface area contributed by atoms with Gasteiger partial charge in [-0.2, -0.15) is 0 Å². The van der Waals surface area contributed by atoms with Crippen LogP contribution in [0, 0.1) is 0 Å². The Bertz CT molecular complexity index is 274. The third-order valence-electron chi connectivity index (χ3n) is 2.01. The normalized spacial score (nSPS) is 15.6. The van der Waals surface area contributed by atoms with E-state index in [0.29, 0.717) is 0 Å². The van der Waals surface area contributed by atoms with Gasteiger partial charge >= 0.3 is 0 Å². The quantitative estimate of drug-likeness (QED) is 0.544. The lowest BCUT2D eigenvalue weighted by Gasteiger charge is -2.34. The molecule has 6 heteroatoms. The second-order valence-corrected chi connectivity index (χ2v) is 4.89. The number of aliphatic hydroxyl groups is 1. The molecule has 5 nitrogen and oxygen atoms in total. The van der Waals surface area contributed by atoms with Crippen LogP contribution in [0.25, 0.3) is 0 Å². The lowest BCUT2D eigenvalue weighted by Crippen LogP contribution is -2.56. The maximum absolute atomic E-state index is 12.0. The number of carbonyl (C=O) groups excluding carboxylic acids is 2. The van der Waals surface area contributed by atoms with Gasteiger partial charge in [0.25, 0.3) is 0 Å². The van der Waals surface area contributed by atoms with E-state index in [1.165, 1.54) is 0 Å². The highest BCUT2D eigenvalue weighted by Crippen LogP contribution is 2.17. The molecule has 0 saturated heterocycles. The number of quaternary nitrogens is 1. The molecular formula is C10H18FNO4. The Morgan fingerprint density at radius 3 is 2.19 bits per heavy atom. The zero-order valence-corrected chi connectivity index (χ0v) is 9.83. The first kappa shape index (κ1) is 15.0. The number of ketones is 1. The van der Waals surface area contributed by atoms with Crippen molar-refractivity contribution in [2.75, 3.05) is 34.4 Å². The van der Waals surface area contributed by atoms with E-state index >= 15 is 0 Å². The summed E-state index contributed by atoms with van der Waals surface area (Å²) in [6.45, 7) is -1.01. The number of aliphatic carboxylic acids is 1. The molecule has 1 N–H and O–H groups in total. The van der Waals surface area contributed by atoms with Crippen LogP contribution < -0.4 is 5.11 Å². The van der Waals surface area contributed by atoms with E-state index in [-0.39, 0.29) is 11.0 Å². The largest absolute Gasteiger partial charge is 0.550 e. The Labute approximate surface area is 94.1 Å². The summed E-state index contributed by atoms with van der Waals surface area (Å²) in [5.74, 6) is -2.32. The van der Waals surface area contributed by atoms with E-state index < -0.39 is 36.9 Å². The number of rotatable bonds is 7. The van der Waals surface area contributed by atoms with Crippen molar-refractivity contribution < 1.29 is 28.7 Å². The van der Waals surface area contributed by atoms with Crippen molar-refractivity contribution in [2.24, 2.45) is 0 Å². The van der Waals surface area contributed by atoms with Crippen molar-refractivity contribution >= 4 is 11.8 Å². The second-order valence-electron chi connectivity index (χ2n) is 4.89. The van der Waals surface area contributed by atoms with Crippen LogP contribution in [0.15, 0.2) is 0 Å². The predicted molar refractivity (Wildman–Crippen MR) is 53.1 cm³/mol. The summed E-state index contributed by atoms with van der Waals surface area (Å²) in [6, 6.07) is 0. The highest BCUT2D eigenvalue weighted by atomic mass is 19.1. The molecule has 0 bridgehead atoms. The summed E-state index contributed by atoms with van der Waals surface area (Å²) in [5.41, 5.74) is -2.05. The van der Waals surface area contributed by atoms with Crippen LogP contribution in [0.2, 0.25) is 0 Å². The number of Topliss-reactive ketones (excluding diaryl/α,β-unsaturated/α-hetero) is 1. The molecular weight excluding hydrogens is 217 g/mol. The fraction of sp³-hybridized carbons (Fsp3) is 0.800. The molecule has 0 aliphatic heterocycles. The van der Waals surface area contributed by atoms with Gasteiger partial charge in [-0.05, 0) is 0 Å². The Kier molecular flexibility index (Phi) is 5.02. The van der Waals surface area contributed by atoms with E-state index in [4.69, 9.17) is 0 Å². The smallest absolute Gasteiger partial charge is 0.177 e. The van der Waals surface area contributed by atoms with E-state index in [1.54, 1.807) is 21.1 Å². The van der Waals surface area contributed by atoms with Crippen molar-refractivity contribution in [2.45, 2.75) is 18.4 Å². The number of nitrogens with zero attached hydrogens (tertiary/aromatic N) is 1. The van der Waals surface area contributed by atoms with Crippen LogP contribution in [-0.4, -0.2) is 61.3 Å². The van der Waals surface area contributed by atoms with Crippen molar-refractivity contribution in [1.82, 2.24) is 0 Å². The predicted octanol–water partition coefficient (Wildman–Crippen LogP) is -1.51. The molecule has 0 fully saturated rings. The summed E-state index contributed by atoms with van der Waals surface area (Å²) in [6.07, 6.45) is -1.29. The minimum absolute atomic E-state index is 0.0974. The van der Waals surface area contributed by atoms with Gasteiger partial charge in [0.1, 0.15) is 6.54 Å². The summed E-state index contributed by atoms with van der Waals surface area (Å²) in [4.78, 5) is 22.0. The van der Waals surface area contributed by atoms with Crippen LogP contribution in [0.4, 0.5) is 4.39 Å². The van der Waals surface area contributed by atoms with Gasteiger partial charge in [-0.1, -0.05) is 0 Å². The average Bonchev–Trinajstić information content (AvgIpc) is 1.98. The summed E-state index contributed by atoms with van der Waals surface area (Å²) < 4.78 is 12.2. The van der Waals surface area contributed by atoms with Gasteiger partial charge < -0.3 is 19.5 Å². The fourth-order valence-electron chi connectivity index (χ4n) is 1.58. The number of carbonyl (C=O) groups is 2. The Balaban J connectivity index is 4.87. The Morgan fingerprint density at radius 2 is 1.88 bits per heavy atom. The van der Waals surface area contributed by atoms with Crippen LogP contribution >= 0.6 is 0 Å². The molecule has 0 aliphatic carbocycles. The third kappa shape index (κ3) is 5.18. The maximum Gasteiger partial charge on any atom is 0.177 e. The van der Waals surface area contributed by atoms with Crippen LogP contribution in [0.3, 0.4) is 0 Å². The van der Waals surface area contributed by atoms with Gasteiger partial charge in [0.05, 0.1) is 27.8 Å². The number of halogens is 1. The number of hydrogen-bond acceptors (Lipinski definition) is 4. The lowest BCUT2D eigenvalue weighted by atomic mass is 9.91. The third-order valence-corrected chi connectivity index (χ3v) is 2.01. The van der Waals surface area contributed by atoms with E-state index in [0.717, 1.165) is 0 Å². The monoisotopic (exact) mass is 235 g/mol. The highest BCUT2D eigenvalue weighted by molar-refractivity contribution is 5.90. The van der Waals surface area contributed by atoms with Gasteiger partial charge in [0.2, 0.25) is 0 Å². The molecule has 0 aliphatic rings. The molecule has 0 aromatic carbocycles. The first-order valence-corrected chi connectivity index (χ1v) is 4.93. The Hall–Kier alpha value is -1.01. The molecule has 0 spiro atoms. The first-order chi connectivity index (χ1) is 7.10. The number of carboxylic acids is 1. The van der Waals surface area contributed by atoms with Crippen molar-refractivity contribution in [3.05, 3.63) is 0 Å². The van der Waals surface area contributed by atoms with Crippen LogP contribution in [-0.2, 0) is 9.59 Å². The average molecular weight is 235 g/mol. The van der Waals surface area contributed by atoms with Gasteiger partial charge in [0.15, 0.2) is 11.4 Å². The number of alkyl halides is 1. The zero-order valence-electron chi connectivity index (χ0n) is 9.83. The zero-order chi connectivity index (χ0) is 13.0. The van der Waals surface area contributed by atoms with Crippen LogP contribution in [0.5, 0.6) is 0 Å². The molecule has 94 valence electrons. The minimum Gasteiger partial charge on any atom is -0.550 e. The first-order valence-electron chi connectivity index (χ1n) is 4.93. The fourth-order valence-corrected chi connectivity index (χ4v) is 1.58. The van der Waals surface area contributed by atoms with Crippen LogP contribution in [0.1, 0.15) is 12.8 Å². The summed E-state index contributed by atoms with van der Waals surface area (Å²) in [5, 5.41) is 20.4. The topological polar surface area (TPSA) is 77.4 Å². The van der Waals surface area contributed by atoms with Crippen molar-refractivity contribution in [3.63, 3.8) is 0 Å². The molecule has 0 radical (unpaired) electrons. The van der Waals surface area contributed by atoms with Crippen molar-refractivity contribution in [1.29, 1.82) is 0 Å². The molecule has 0 heterocycles. The van der Waals surface area contributed by atoms with E-state index in [9.17, 15) is 24.2 Å². The van der Waals surface area contributed by atoms with Gasteiger partial charge in [-0.3, -0.25) is 9.18 Å². The maximum atomic E-state index is 12.0. The van der Waals surface area contributed by atoms with Gasteiger partial charge in [0, 0.05) is 18.8 Å². The molecule has 0 aromatic heterocycles. The molecule has 0 unspecified atom stereocenters. The number of likely N-dealkylation sites (N-methyl/N-ethyl adjacent to an activating group) is 1. The van der Waals surface area contributed by atoms with E-state index in [2.05, 4.69) is 0 Å². The number of carboxylic acid groups (broad SMARTS) is 1. The van der Waals surface area contributed by atoms with Gasteiger partial charge in [-0.15, -0.1) is 0 Å². The molecule has 1 atom stereocenters. The second kappa shape index (κ2) is 5.36. The molecule has 0 amide bonds. The molecule has 0 aromatic rings. The van der Waals surface area contributed by atoms with Gasteiger partial charge in [-0.25, -0.2) is 0 Å². The molecule has 0 rings (SSSR count). The summed E-state index contributed by atoms with van der Waals surface area (Å²) in [7, 11) is 5.09. The highest BCUT2D eigenvalue weighted by Gasteiger charge is 2.40. The standard InChI is InChI=1S/C10H18FNO4/c1-12(2,3)7-10(16,6-9(14)15)8(13)4-5-11/h16H,4-7H2,1-3H3/t10-/m1/s1. The molecule has 0 saturated carbocycles. The molecule has 16 heavy (non-hydrogen) atoms. The Morgan fingerprint density at radius 1 is 1.38 bits per heavy atom. The minimum atomic E-state index is -2.05. The van der Waals surface area contributed by atoms with E-state index in [1.807, 2.05) is 0 Å². The SMILES string of the molecule is C[N+](C)(C)C[C@](O)(CC(=O)[O-])C(=O)CCF. The summed E-state index contributed by atoms with van der Waals surface area (Å²) >= 11 is 0. The lowest BCUT2D eigenvalue weighted by molar-refractivity contribution is -0.875. The number of hydrogen-bond donors (Lipinski definition) is 1. The van der Waals surface area contributed by atoms with Crippen molar-refractivity contribution in [3.8, 4) is 0 Å².